The summed E-state index contributed by atoms with van der Waals surface area (Å²) >= 11 is 0. The predicted molar refractivity (Wildman–Crippen MR) is 47.2 cm³/mol. The molecular formula is C8H17NO4. The van der Waals surface area contributed by atoms with Crippen molar-refractivity contribution in [3.63, 3.8) is 0 Å². The Balaban J connectivity index is 3.49. The van der Waals surface area contributed by atoms with E-state index in [0.717, 1.165) is 17.9 Å². The van der Waals surface area contributed by atoms with E-state index in [-0.39, 0.29) is 0 Å². The van der Waals surface area contributed by atoms with Gasteiger partial charge in [0.05, 0.1) is 0 Å². The SMILES string of the molecule is CCCCOC(C)ON(C)C(=O)O. The lowest BCUT2D eigenvalue weighted by Crippen LogP contribution is -2.30. The monoisotopic (exact) mass is 191 g/mol. The average molecular weight is 191 g/mol. The third-order valence-electron chi connectivity index (χ3n) is 1.43. The van der Waals surface area contributed by atoms with Crippen LogP contribution in [0.1, 0.15) is 26.7 Å². The molecule has 5 nitrogen and oxygen atoms in total. The quantitative estimate of drug-likeness (QED) is 0.394. The molecule has 1 N–H and O–H groups in total. The fourth-order valence-corrected chi connectivity index (χ4v) is 0.692. The standard InChI is InChI=1S/C8H17NO4/c1-4-5-6-12-7(2)13-9(3)8(10)11/h7H,4-6H2,1-3H3,(H,10,11). The number of carbonyl (C=O) groups is 1. The second kappa shape index (κ2) is 6.68. The Morgan fingerprint density at radius 1 is 1.62 bits per heavy atom. The molecular weight excluding hydrogens is 174 g/mol. The molecule has 0 aromatic heterocycles. The van der Waals surface area contributed by atoms with Crippen LogP contribution in [-0.4, -0.2) is 36.2 Å². The molecule has 13 heavy (non-hydrogen) atoms. The van der Waals surface area contributed by atoms with Gasteiger partial charge in [0.25, 0.3) is 0 Å². The van der Waals surface area contributed by atoms with E-state index < -0.39 is 12.4 Å². The maximum atomic E-state index is 10.3. The maximum absolute atomic E-state index is 10.3. The fraction of sp³-hybridized carbons (Fsp3) is 0.875. The molecule has 0 aromatic carbocycles. The molecule has 0 saturated heterocycles. The Morgan fingerprint density at radius 2 is 2.23 bits per heavy atom. The van der Waals surface area contributed by atoms with E-state index in [1.807, 2.05) is 0 Å². The number of ether oxygens (including phenoxy) is 1. The van der Waals surface area contributed by atoms with Gasteiger partial charge in [0.15, 0.2) is 6.29 Å². The molecule has 0 saturated carbocycles. The minimum absolute atomic E-state index is 0.521. The van der Waals surface area contributed by atoms with Gasteiger partial charge in [-0.05, 0) is 13.3 Å². The zero-order valence-corrected chi connectivity index (χ0v) is 8.32. The Hall–Kier alpha value is -0.810. The third-order valence-corrected chi connectivity index (χ3v) is 1.43. The topological polar surface area (TPSA) is 59.0 Å². The van der Waals surface area contributed by atoms with Crippen LogP contribution >= 0.6 is 0 Å². The molecule has 0 spiro atoms. The van der Waals surface area contributed by atoms with Gasteiger partial charge in [-0.25, -0.2) is 9.63 Å². The minimum atomic E-state index is -1.13. The van der Waals surface area contributed by atoms with E-state index in [9.17, 15) is 4.79 Å². The number of rotatable bonds is 6. The van der Waals surface area contributed by atoms with E-state index in [4.69, 9.17) is 14.7 Å². The van der Waals surface area contributed by atoms with Crippen LogP contribution < -0.4 is 0 Å². The summed E-state index contributed by atoms with van der Waals surface area (Å²) in [5.74, 6) is 0. The largest absolute Gasteiger partial charge is 0.463 e. The fourth-order valence-electron chi connectivity index (χ4n) is 0.692. The zero-order valence-electron chi connectivity index (χ0n) is 8.32. The zero-order chi connectivity index (χ0) is 10.3. The van der Waals surface area contributed by atoms with E-state index in [1.54, 1.807) is 6.92 Å². The summed E-state index contributed by atoms with van der Waals surface area (Å²) in [5, 5.41) is 9.18. The van der Waals surface area contributed by atoms with Gasteiger partial charge >= 0.3 is 6.09 Å². The number of amides is 1. The summed E-state index contributed by atoms with van der Waals surface area (Å²) < 4.78 is 5.18. The van der Waals surface area contributed by atoms with Crippen molar-refractivity contribution < 1.29 is 19.5 Å². The first kappa shape index (κ1) is 12.2. The van der Waals surface area contributed by atoms with E-state index in [2.05, 4.69) is 6.92 Å². The molecule has 0 heterocycles. The third kappa shape index (κ3) is 6.36. The van der Waals surface area contributed by atoms with Gasteiger partial charge in [-0.15, -0.1) is 0 Å². The van der Waals surface area contributed by atoms with Crippen molar-refractivity contribution in [2.24, 2.45) is 0 Å². The van der Waals surface area contributed by atoms with Crippen molar-refractivity contribution in [3.05, 3.63) is 0 Å². The normalized spacial score (nSPS) is 12.5. The highest BCUT2D eigenvalue weighted by Gasteiger charge is 2.10. The lowest BCUT2D eigenvalue weighted by Gasteiger charge is -2.18. The molecule has 5 heteroatoms. The van der Waals surface area contributed by atoms with Crippen molar-refractivity contribution in [3.8, 4) is 0 Å². The van der Waals surface area contributed by atoms with Crippen molar-refractivity contribution in [2.75, 3.05) is 13.7 Å². The number of nitrogens with zero attached hydrogens (tertiary/aromatic N) is 1. The highest BCUT2D eigenvalue weighted by atomic mass is 16.8. The molecule has 0 rings (SSSR count). The number of hydrogen-bond donors (Lipinski definition) is 1. The van der Waals surface area contributed by atoms with Gasteiger partial charge in [0.1, 0.15) is 0 Å². The maximum Gasteiger partial charge on any atom is 0.431 e. The Bertz CT molecular complexity index is 151. The number of carboxylic acid groups (broad SMARTS) is 1. The number of unbranched alkanes of at least 4 members (excludes halogenated alkanes) is 1. The van der Waals surface area contributed by atoms with Gasteiger partial charge < -0.3 is 9.84 Å². The van der Waals surface area contributed by atoms with Crippen LogP contribution in [0.3, 0.4) is 0 Å². The van der Waals surface area contributed by atoms with Crippen molar-refractivity contribution in [1.82, 2.24) is 5.06 Å². The smallest absolute Gasteiger partial charge is 0.431 e. The lowest BCUT2D eigenvalue weighted by molar-refractivity contribution is -0.243. The molecule has 0 bridgehead atoms. The van der Waals surface area contributed by atoms with Crippen molar-refractivity contribution in [2.45, 2.75) is 33.0 Å². The van der Waals surface area contributed by atoms with Crippen molar-refractivity contribution in [1.29, 1.82) is 0 Å². The molecule has 1 amide bonds. The van der Waals surface area contributed by atoms with Gasteiger partial charge in [0.2, 0.25) is 0 Å². The molecule has 0 aliphatic carbocycles. The molecule has 0 radical (unpaired) electrons. The average Bonchev–Trinajstić information content (AvgIpc) is 2.04. The van der Waals surface area contributed by atoms with Gasteiger partial charge in [-0.3, -0.25) is 0 Å². The first-order chi connectivity index (χ1) is 6.07. The number of hydrogen-bond acceptors (Lipinski definition) is 3. The predicted octanol–water partition coefficient (Wildman–Crippen LogP) is 1.69. The van der Waals surface area contributed by atoms with Gasteiger partial charge in [-0.1, -0.05) is 13.3 Å². The summed E-state index contributed by atoms with van der Waals surface area (Å²) in [6.45, 7) is 4.30. The van der Waals surface area contributed by atoms with Crippen LogP contribution in [0, 0.1) is 0 Å². The van der Waals surface area contributed by atoms with E-state index >= 15 is 0 Å². The summed E-state index contributed by atoms with van der Waals surface area (Å²) in [6, 6.07) is 0. The molecule has 0 aliphatic heterocycles. The van der Waals surface area contributed by atoms with Gasteiger partial charge in [0, 0.05) is 13.7 Å². The van der Waals surface area contributed by atoms with Crippen LogP contribution in [-0.2, 0) is 9.57 Å². The molecule has 0 aromatic rings. The molecule has 1 atom stereocenters. The summed E-state index contributed by atoms with van der Waals surface area (Å²) in [7, 11) is 1.32. The Morgan fingerprint density at radius 3 is 2.69 bits per heavy atom. The molecule has 78 valence electrons. The van der Waals surface area contributed by atoms with E-state index in [1.165, 1.54) is 7.05 Å². The molecule has 0 aliphatic rings. The van der Waals surface area contributed by atoms with E-state index in [0.29, 0.717) is 6.61 Å². The Kier molecular flexibility index (Phi) is 6.26. The second-order valence-corrected chi connectivity index (χ2v) is 2.68. The first-order valence-electron chi connectivity index (χ1n) is 4.33. The highest BCUT2D eigenvalue weighted by molar-refractivity contribution is 5.62. The molecule has 0 fully saturated rings. The van der Waals surface area contributed by atoms with Gasteiger partial charge in [-0.2, -0.15) is 5.06 Å². The Labute approximate surface area is 78.2 Å². The van der Waals surface area contributed by atoms with Crippen LogP contribution in [0.25, 0.3) is 0 Å². The second-order valence-electron chi connectivity index (χ2n) is 2.68. The van der Waals surface area contributed by atoms with Crippen LogP contribution in [0.5, 0.6) is 0 Å². The lowest BCUT2D eigenvalue weighted by atomic mass is 10.4. The summed E-state index contributed by atoms with van der Waals surface area (Å²) in [6.07, 6.45) is 0.338. The van der Waals surface area contributed by atoms with Crippen LogP contribution in [0.4, 0.5) is 4.79 Å². The summed E-state index contributed by atoms with van der Waals surface area (Å²) in [4.78, 5) is 15.2. The highest BCUT2D eigenvalue weighted by Crippen LogP contribution is 1.99. The minimum Gasteiger partial charge on any atom is -0.463 e. The van der Waals surface area contributed by atoms with Crippen molar-refractivity contribution >= 4 is 6.09 Å². The molecule has 1 unspecified atom stereocenters. The summed E-state index contributed by atoms with van der Waals surface area (Å²) in [5.41, 5.74) is 0. The number of hydroxylamine groups is 2. The van der Waals surface area contributed by atoms with Crippen LogP contribution in [0.15, 0.2) is 0 Å². The van der Waals surface area contributed by atoms with Crippen LogP contribution in [0.2, 0.25) is 0 Å². The first-order valence-corrected chi connectivity index (χ1v) is 4.33.